The van der Waals surface area contributed by atoms with Gasteiger partial charge in [0.1, 0.15) is 0 Å². The summed E-state index contributed by atoms with van der Waals surface area (Å²) in [6.07, 6.45) is -7.08. The molecule has 0 aromatic rings. The minimum absolute atomic E-state index is 0.250. The quantitative estimate of drug-likeness (QED) is 0.764. The first-order valence-corrected chi connectivity index (χ1v) is 5.79. The van der Waals surface area contributed by atoms with Crippen LogP contribution in [0.3, 0.4) is 0 Å². The first-order chi connectivity index (χ1) is 8.41. The zero-order valence-electron chi connectivity index (χ0n) is 9.36. The number of aliphatic hydroxyl groups excluding tert-OH is 1. The molecule has 0 rings (SSSR count). The van der Waals surface area contributed by atoms with Gasteiger partial charge in [0.15, 0.2) is 0 Å². The van der Waals surface area contributed by atoms with Crippen molar-refractivity contribution in [3.8, 4) is 0 Å². The van der Waals surface area contributed by atoms with E-state index in [0.29, 0.717) is 0 Å². The number of halogens is 9. The number of aliphatic hydroxyl groups is 1. The zero-order valence-corrected chi connectivity index (χ0v) is 10.2. The minimum Gasteiger partial charge on any atom is -0.397 e. The molecule has 0 fully saturated rings. The molecule has 20 heavy (non-hydrogen) atoms. The van der Waals surface area contributed by atoms with Gasteiger partial charge in [0, 0.05) is 6.61 Å². The molecule has 0 atom stereocenters. The lowest BCUT2D eigenvalue weighted by atomic mass is 10.1. The average Bonchev–Trinajstić information content (AvgIpc) is 2.14. The minimum atomic E-state index is -7.27. The van der Waals surface area contributed by atoms with Crippen molar-refractivity contribution in [1.29, 1.82) is 0 Å². The van der Waals surface area contributed by atoms with E-state index >= 15 is 0 Å². The molecular weight excluding hydrogens is 337 g/mol. The number of hydrogen-bond acceptors (Lipinski definition) is 3. The van der Waals surface area contributed by atoms with Crippen LogP contribution in [0, 0.1) is 0 Å². The molecule has 0 aliphatic heterocycles. The third-order valence-electron chi connectivity index (χ3n) is 1.47. The summed E-state index contributed by atoms with van der Waals surface area (Å²) in [5.41, 5.74) is 0. The predicted octanol–water partition coefficient (Wildman–Crippen LogP) is 1.70. The number of rotatable bonds is 3. The maximum atomic E-state index is 12.3. The Morgan fingerprint density at radius 2 is 1.15 bits per heavy atom. The summed E-state index contributed by atoms with van der Waals surface area (Å²) in [6, 6.07) is 0. The van der Waals surface area contributed by atoms with Crippen LogP contribution in [-0.2, 0) is 10.0 Å². The zero-order chi connectivity index (χ0) is 17.2. The second kappa shape index (κ2) is 5.93. The van der Waals surface area contributed by atoms with Gasteiger partial charge in [0.05, 0.1) is 0 Å². The van der Waals surface area contributed by atoms with Gasteiger partial charge < -0.3 is 5.11 Å². The monoisotopic (exact) mass is 345 g/mol. The molecule has 4 nitrogen and oxygen atoms in total. The maximum Gasteiger partial charge on any atom is 0.460 e. The van der Waals surface area contributed by atoms with Crippen molar-refractivity contribution >= 4 is 10.0 Å². The van der Waals surface area contributed by atoms with Crippen LogP contribution in [0.15, 0.2) is 0 Å². The highest BCUT2D eigenvalue weighted by Crippen LogP contribution is 2.54. The maximum absolute atomic E-state index is 12.3. The summed E-state index contributed by atoms with van der Waals surface area (Å²) in [4.78, 5) is 0. The Balaban J connectivity index is 0. The fourth-order valence-corrected chi connectivity index (χ4v) is 1.02. The molecule has 0 aliphatic rings. The highest BCUT2D eigenvalue weighted by Gasteiger charge is 2.85. The first kappa shape index (κ1) is 21.5. The molecule has 0 aromatic carbocycles. The highest BCUT2D eigenvalue weighted by atomic mass is 32.2. The van der Waals surface area contributed by atoms with Crippen LogP contribution in [0.4, 0.5) is 39.5 Å². The molecule has 3 N–H and O–H groups in total. The van der Waals surface area contributed by atoms with Crippen molar-refractivity contribution in [3.05, 3.63) is 0 Å². The molecule has 0 saturated heterocycles. The van der Waals surface area contributed by atoms with E-state index in [1.807, 2.05) is 0 Å². The Bertz CT molecular complexity index is 416. The van der Waals surface area contributed by atoms with E-state index in [0.717, 1.165) is 0 Å². The molecule has 124 valence electrons. The van der Waals surface area contributed by atoms with Crippen LogP contribution in [0.25, 0.3) is 0 Å². The smallest absolute Gasteiger partial charge is 0.397 e. The van der Waals surface area contributed by atoms with Crippen LogP contribution in [0.2, 0.25) is 0 Å². The van der Waals surface area contributed by atoms with Crippen LogP contribution in [0.1, 0.15) is 6.92 Å². The van der Waals surface area contributed by atoms with Gasteiger partial charge in [-0.3, -0.25) is 0 Å². The Morgan fingerprint density at radius 3 is 1.30 bits per heavy atom. The molecule has 0 spiro atoms. The van der Waals surface area contributed by atoms with Gasteiger partial charge in [-0.05, 0) is 6.92 Å². The largest absolute Gasteiger partial charge is 0.460 e. The van der Waals surface area contributed by atoms with E-state index in [4.69, 9.17) is 5.11 Å². The summed E-state index contributed by atoms with van der Waals surface area (Å²) in [5, 5.41) is 4.27. The van der Waals surface area contributed by atoms with E-state index in [9.17, 15) is 47.9 Å². The molecular formula is C6H8F9NO3S. The van der Waals surface area contributed by atoms with Crippen LogP contribution >= 0.6 is 0 Å². The molecule has 0 aromatic heterocycles. The summed E-state index contributed by atoms with van der Waals surface area (Å²) >= 11 is 0. The predicted molar refractivity (Wildman–Crippen MR) is 46.8 cm³/mol. The Morgan fingerprint density at radius 1 is 0.900 bits per heavy atom. The van der Waals surface area contributed by atoms with Crippen molar-refractivity contribution in [3.63, 3.8) is 0 Å². The lowest BCUT2D eigenvalue weighted by Crippen LogP contribution is -2.64. The second-order valence-electron chi connectivity index (χ2n) is 3.02. The lowest BCUT2D eigenvalue weighted by Gasteiger charge is -2.32. The number of nitrogens with two attached hydrogens (primary N) is 1. The Labute approximate surface area is 106 Å². The van der Waals surface area contributed by atoms with Gasteiger partial charge in [-0.25, -0.2) is 13.6 Å². The number of hydrogen-bond donors (Lipinski definition) is 2. The van der Waals surface area contributed by atoms with Gasteiger partial charge in [0.2, 0.25) is 0 Å². The molecule has 0 amide bonds. The van der Waals surface area contributed by atoms with Crippen molar-refractivity contribution in [2.45, 2.75) is 30.2 Å². The van der Waals surface area contributed by atoms with E-state index in [-0.39, 0.29) is 6.61 Å². The van der Waals surface area contributed by atoms with E-state index in [1.165, 1.54) is 0 Å². The second-order valence-corrected chi connectivity index (χ2v) is 4.63. The fraction of sp³-hybridized carbons (Fsp3) is 1.00. The summed E-state index contributed by atoms with van der Waals surface area (Å²) in [6.45, 7) is 1.93. The van der Waals surface area contributed by atoms with Crippen molar-refractivity contribution < 1.29 is 53.0 Å². The fourth-order valence-electron chi connectivity index (χ4n) is 0.539. The van der Waals surface area contributed by atoms with Crippen LogP contribution < -0.4 is 5.14 Å². The summed E-state index contributed by atoms with van der Waals surface area (Å²) in [5.74, 6) is -14.5. The normalized spacial score (nSPS) is 14.6. The van der Waals surface area contributed by atoms with E-state index in [2.05, 4.69) is 5.14 Å². The number of primary sulfonamides is 1. The summed E-state index contributed by atoms with van der Waals surface area (Å²) < 4.78 is 127. The molecule has 0 unspecified atom stereocenters. The third-order valence-corrected chi connectivity index (χ3v) is 2.44. The first-order valence-electron chi connectivity index (χ1n) is 4.25. The van der Waals surface area contributed by atoms with Gasteiger partial charge in [-0.2, -0.15) is 39.5 Å². The van der Waals surface area contributed by atoms with Crippen LogP contribution in [-0.4, -0.2) is 43.4 Å². The molecule has 0 aliphatic carbocycles. The Kier molecular flexibility index (Phi) is 6.38. The Hall–Kier alpha value is -0.760. The standard InChI is InChI=1S/C4H2F9NO2S.C2H6O/c5-1(6,3(9,10)11)2(7,8)4(12,13)17(14,15)16;1-2-3/h(H2,14,15,16);3H,2H2,1H3. The molecule has 14 heteroatoms. The topological polar surface area (TPSA) is 80.4 Å². The van der Waals surface area contributed by atoms with Gasteiger partial charge >= 0.3 is 23.3 Å². The third kappa shape index (κ3) is 3.66. The lowest BCUT2D eigenvalue weighted by molar-refractivity contribution is -0.382. The van der Waals surface area contributed by atoms with Gasteiger partial charge in [-0.1, -0.05) is 0 Å². The molecule has 0 radical (unpaired) electrons. The average molecular weight is 345 g/mol. The number of sulfonamides is 1. The SMILES string of the molecule is CCO.NS(=O)(=O)C(F)(F)C(F)(F)C(F)(F)C(F)(F)F. The molecule has 0 bridgehead atoms. The number of alkyl halides is 9. The molecule has 0 saturated carbocycles. The van der Waals surface area contributed by atoms with E-state index < -0.39 is 33.3 Å². The van der Waals surface area contributed by atoms with E-state index in [1.54, 1.807) is 6.92 Å². The molecule has 0 heterocycles. The van der Waals surface area contributed by atoms with Gasteiger partial charge in [-0.15, -0.1) is 0 Å². The van der Waals surface area contributed by atoms with Crippen molar-refractivity contribution in [2.24, 2.45) is 5.14 Å². The van der Waals surface area contributed by atoms with Gasteiger partial charge in [0.25, 0.3) is 10.0 Å². The summed E-state index contributed by atoms with van der Waals surface area (Å²) in [7, 11) is -6.67. The van der Waals surface area contributed by atoms with Crippen molar-refractivity contribution in [1.82, 2.24) is 0 Å². The van der Waals surface area contributed by atoms with Crippen LogP contribution in [0.5, 0.6) is 0 Å². The van der Waals surface area contributed by atoms with Crippen molar-refractivity contribution in [2.75, 3.05) is 6.61 Å². The highest BCUT2D eigenvalue weighted by molar-refractivity contribution is 7.90.